The number of nitrogens with zero attached hydrogens (tertiary/aromatic N) is 2. The average molecular weight is 241 g/mol. The van der Waals surface area contributed by atoms with Gasteiger partial charge in [0.1, 0.15) is 12.4 Å². The van der Waals surface area contributed by atoms with Gasteiger partial charge in [-0.05, 0) is 12.3 Å². The van der Waals surface area contributed by atoms with Crippen molar-refractivity contribution in [2.24, 2.45) is 5.92 Å². The maximum Gasteiger partial charge on any atom is 0.326 e. The number of carboxylic acid groups (broad SMARTS) is 1. The lowest BCUT2D eigenvalue weighted by Gasteiger charge is -2.18. The maximum atomic E-state index is 13.8. The Morgan fingerprint density at radius 3 is 2.65 bits per heavy atom. The summed E-state index contributed by atoms with van der Waals surface area (Å²) in [6, 6.07) is -0.871. The van der Waals surface area contributed by atoms with Gasteiger partial charge in [0.05, 0.1) is 5.69 Å². The highest BCUT2D eigenvalue weighted by Gasteiger charge is 2.23. The monoisotopic (exact) mass is 241 g/mol. The zero-order valence-electron chi connectivity index (χ0n) is 10.1. The van der Waals surface area contributed by atoms with E-state index in [2.05, 4.69) is 15.3 Å². The molecule has 0 saturated heterocycles. The molecule has 0 aliphatic rings. The number of hydrogen-bond donors (Lipinski definition) is 2. The average Bonchev–Trinajstić information content (AvgIpc) is 2.26. The number of aryl methyl sites for hydroxylation is 1. The molecule has 0 fully saturated rings. The Balaban J connectivity index is 2.97. The Labute approximate surface area is 99.1 Å². The minimum absolute atomic E-state index is 0.0575. The number of carbonyl (C=O) groups is 1. The highest BCUT2D eigenvalue weighted by Crippen LogP contribution is 2.16. The van der Waals surface area contributed by atoms with E-state index in [4.69, 9.17) is 5.11 Å². The normalized spacial score (nSPS) is 12.5. The van der Waals surface area contributed by atoms with Crippen LogP contribution in [0, 0.1) is 11.7 Å². The summed E-state index contributed by atoms with van der Waals surface area (Å²) >= 11 is 0. The molecule has 5 nitrogen and oxygen atoms in total. The fourth-order valence-corrected chi connectivity index (χ4v) is 1.41. The molecule has 1 rings (SSSR count). The lowest BCUT2D eigenvalue weighted by atomic mass is 10.0. The van der Waals surface area contributed by atoms with E-state index in [1.807, 2.05) is 0 Å². The summed E-state index contributed by atoms with van der Waals surface area (Å²) < 4.78 is 13.8. The first kappa shape index (κ1) is 13.3. The Morgan fingerprint density at radius 2 is 2.18 bits per heavy atom. The van der Waals surface area contributed by atoms with E-state index in [-0.39, 0.29) is 17.4 Å². The van der Waals surface area contributed by atoms with Gasteiger partial charge >= 0.3 is 5.97 Å². The summed E-state index contributed by atoms with van der Waals surface area (Å²) in [5.41, 5.74) is 0.274. The van der Waals surface area contributed by atoms with Crippen LogP contribution in [-0.4, -0.2) is 27.1 Å². The van der Waals surface area contributed by atoms with Gasteiger partial charge in [-0.2, -0.15) is 0 Å². The summed E-state index contributed by atoms with van der Waals surface area (Å²) in [5, 5.41) is 11.6. The number of aromatic nitrogens is 2. The van der Waals surface area contributed by atoms with Crippen LogP contribution in [0.5, 0.6) is 0 Å². The number of carboxylic acids is 1. The third-order valence-corrected chi connectivity index (χ3v) is 2.42. The predicted octanol–water partition coefficient (Wildman–Crippen LogP) is 1.70. The fraction of sp³-hybridized carbons (Fsp3) is 0.545. The Morgan fingerprint density at radius 1 is 1.53 bits per heavy atom. The van der Waals surface area contributed by atoms with Crippen LogP contribution in [-0.2, 0) is 11.2 Å². The smallest absolute Gasteiger partial charge is 0.326 e. The van der Waals surface area contributed by atoms with Crippen LogP contribution in [0.1, 0.15) is 26.5 Å². The van der Waals surface area contributed by atoms with Crippen LogP contribution in [0.3, 0.4) is 0 Å². The molecule has 0 spiro atoms. The molecule has 0 aliphatic heterocycles. The van der Waals surface area contributed by atoms with Crippen LogP contribution < -0.4 is 5.32 Å². The molecule has 0 amide bonds. The van der Waals surface area contributed by atoms with Crippen molar-refractivity contribution in [2.45, 2.75) is 33.2 Å². The van der Waals surface area contributed by atoms with Crippen LogP contribution in [0.15, 0.2) is 6.33 Å². The van der Waals surface area contributed by atoms with E-state index in [1.54, 1.807) is 20.8 Å². The van der Waals surface area contributed by atoms with Crippen molar-refractivity contribution >= 4 is 11.8 Å². The van der Waals surface area contributed by atoms with E-state index >= 15 is 0 Å². The van der Waals surface area contributed by atoms with Gasteiger partial charge in [-0.15, -0.1) is 0 Å². The van der Waals surface area contributed by atoms with Gasteiger partial charge in [-0.3, -0.25) is 0 Å². The van der Waals surface area contributed by atoms with Crippen molar-refractivity contribution < 1.29 is 14.3 Å². The molecule has 2 N–H and O–H groups in total. The summed E-state index contributed by atoms with van der Waals surface area (Å²) in [4.78, 5) is 18.5. The van der Waals surface area contributed by atoms with E-state index in [1.165, 1.54) is 6.33 Å². The molecule has 94 valence electrons. The first-order valence-corrected chi connectivity index (χ1v) is 5.46. The van der Waals surface area contributed by atoms with Crippen LogP contribution in [0.25, 0.3) is 0 Å². The van der Waals surface area contributed by atoms with Crippen LogP contribution >= 0.6 is 0 Å². The second-order valence-corrected chi connectivity index (χ2v) is 4.04. The maximum absolute atomic E-state index is 13.8. The van der Waals surface area contributed by atoms with Crippen molar-refractivity contribution in [1.82, 2.24) is 9.97 Å². The van der Waals surface area contributed by atoms with Crippen molar-refractivity contribution in [3.05, 3.63) is 17.8 Å². The van der Waals surface area contributed by atoms with E-state index in [0.29, 0.717) is 6.42 Å². The van der Waals surface area contributed by atoms with Gasteiger partial charge in [-0.1, -0.05) is 20.8 Å². The predicted molar refractivity (Wildman–Crippen MR) is 61.3 cm³/mol. The van der Waals surface area contributed by atoms with Gasteiger partial charge in [-0.25, -0.2) is 19.2 Å². The van der Waals surface area contributed by atoms with Crippen LogP contribution in [0.2, 0.25) is 0 Å². The first-order chi connectivity index (χ1) is 7.97. The summed E-state index contributed by atoms with van der Waals surface area (Å²) in [7, 11) is 0. The number of rotatable bonds is 5. The van der Waals surface area contributed by atoms with Crippen molar-refractivity contribution in [2.75, 3.05) is 5.32 Å². The van der Waals surface area contributed by atoms with Crippen LogP contribution in [0.4, 0.5) is 10.2 Å². The number of hydrogen-bond acceptors (Lipinski definition) is 4. The number of nitrogens with one attached hydrogen (secondary N) is 1. The van der Waals surface area contributed by atoms with E-state index in [9.17, 15) is 9.18 Å². The molecule has 1 atom stereocenters. The quantitative estimate of drug-likeness (QED) is 0.820. The highest BCUT2D eigenvalue weighted by molar-refractivity contribution is 5.77. The molecule has 1 aromatic heterocycles. The second-order valence-electron chi connectivity index (χ2n) is 4.04. The zero-order chi connectivity index (χ0) is 13.0. The zero-order valence-corrected chi connectivity index (χ0v) is 10.1. The Bertz CT molecular complexity index is 410. The molecule has 6 heteroatoms. The molecule has 0 radical (unpaired) electrons. The number of anilines is 1. The Kier molecular flexibility index (Phi) is 4.37. The summed E-state index contributed by atoms with van der Waals surface area (Å²) in [6.45, 7) is 5.25. The van der Waals surface area contributed by atoms with Crippen molar-refractivity contribution in [3.63, 3.8) is 0 Å². The third kappa shape index (κ3) is 3.12. The molecule has 0 aliphatic carbocycles. The first-order valence-electron chi connectivity index (χ1n) is 5.46. The molecular formula is C11H16FN3O2. The second kappa shape index (κ2) is 5.56. The molecule has 17 heavy (non-hydrogen) atoms. The number of aliphatic carboxylic acids is 1. The fourth-order valence-electron chi connectivity index (χ4n) is 1.41. The molecule has 0 aromatic carbocycles. The molecule has 1 unspecified atom stereocenters. The minimum Gasteiger partial charge on any atom is -0.480 e. The number of halogens is 1. The van der Waals surface area contributed by atoms with Gasteiger partial charge in [0.2, 0.25) is 0 Å². The standard InChI is InChI=1S/C11H16FN3O2/c1-4-7-8(12)10(14-5-13-7)15-9(6(2)3)11(16)17/h5-6,9H,4H2,1-3H3,(H,16,17)(H,13,14,15). The third-order valence-electron chi connectivity index (χ3n) is 2.42. The SMILES string of the molecule is CCc1ncnc(NC(C(=O)O)C(C)C)c1F. The molecule has 0 bridgehead atoms. The van der Waals surface area contributed by atoms with Gasteiger partial charge in [0.15, 0.2) is 11.6 Å². The van der Waals surface area contributed by atoms with Gasteiger partial charge < -0.3 is 10.4 Å². The van der Waals surface area contributed by atoms with E-state index < -0.39 is 17.8 Å². The van der Waals surface area contributed by atoms with E-state index in [0.717, 1.165) is 0 Å². The summed E-state index contributed by atoms with van der Waals surface area (Å²) in [6.07, 6.45) is 1.66. The molecular weight excluding hydrogens is 225 g/mol. The molecule has 1 heterocycles. The molecule has 1 aromatic rings. The highest BCUT2D eigenvalue weighted by atomic mass is 19.1. The lowest BCUT2D eigenvalue weighted by Crippen LogP contribution is -2.35. The van der Waals surface area contributed by atoms with Gasteiger partial charge in [0.25, 0.3) is 0 Å². The topological polar surface area (TPSA) is 75.1 Å². The summed E-state index contributed by atoms with van der Waals surface area (Å²) in [5.74, 6) is -1.84. The van der Waals surface area contributed by atoms with Crippen molar-refractivity contribution in [3.8, 4) is 0 Å². The molecule has 0 saturated carbocycles. The Hall–Kier alpha value is -1.72. The van der Waals surface area contributed by atoms with Crippen molar-refractivity contribution in [1.29, 1.82) is 0 Å². The van der Waals surface area contributed by atoms with Gasteiger partial charge in [0, 0.05) is 0 Å². The largest absolute Gasteiger partial charge is 0.480 e. The minimum atomic E-state index is -1.03. The lowest BCUT2D eigenvalue weighted by molar-refractivity contribution is -0.138.